The van der Waals surface area contributed by atoms with Gasteiger partial charge in [-0.05, 0) is 30.0 Å². The van der Waals surface area contributed by atoms with E-state index in [1.165, 1.54) is 5.56 Å². The van der Waals surface area contributed by atoms with E-state index in [0.717, 1.165) is 38.5 Å². The van der Waals surface area contributed by atoms with Crippen molar-refractivity contribution >= 4 is 5.97 Å². The van der Waals surface area contributed by atoms with Crippen molar-refractivity contribution in [2.24, 2.45) is 0 Å². The van der Waals surface area contributed by atoms with Gasteiger partial charge in [-0.25, -0.2) is 9.48 Å². The number of ether oxygens (including phenoxy) is 2. The van der Waals surface area contributed by atoms with Gasteiger partial charge in [0.05, 0.1) is 24.6 Å². The maximum Gasteiger partial charge on any atom is 0.343 e. The molecule has 0 unspecified atom stereocenters. The van der Waals surface area contributed by atoms with Gasteiger partial charge in [-0.2, -0.15) is 5.10 Å². The molecule has 1 fully saturated rings. The van der Waals surface area contributed by atoms with Crippen LogP contribution in [0.1, 0.15) is 48.3 Å². The first kappa shape index (κ1) is 20.4. The Kier molecular flexibility index (Phi) is 6.70. The first-order valence-electron chi connectivity index (χ1n) is 9.89. The molecule has 1 aromatic carbocycles. The summed E-state index contributed by atoms with van der Waals surface area (Å²) >= 11 is 0. The Morgan fingerprint density at radius 1 is 1.25 bits per heavy atom. The monoisotopic (exact) mass is 387 g/mol. The summed E-state index contributed by atoms with van der Waals surface area (Å²) in [4.78, 5) is 14.1. The zero-order chi connectivity index (χ0) is 20.1. The van der Waals surface area contributed by atoms with E-state index in [1.54, 1.807) is 4.68 Å². The van der Waals surface area contributed by atoms with Crippen molar-refractivity contribution in [3.63, 3.8) is 0 Å². The second-order valence-electron chi connectivity index (χ2n) is 7.25. The Labute approximate surface area is 165 Å². The SMILES string of the molecule is CCc1nn(-c2ccc(C(C)C)cc2)c(OCCN2CCOCC2)c1C(=O)O. The van der Waals surface area contributed by atoms with Crippen LogP contribution >= 0.6 is 0 Å². The third-order valence-electron chi connectivity index (χ3n) is 5.02. The maximum absolute atomic E-state index is 11.9. The third kappa shape index (κ3) is 4.54. The van der Waals surface area contributed by atoms with Gasteiger partial charge >= 0.3 is 5.97 Å². The molecule has 0 saturated carbocycles. The average molecular weight is 387 g/mol. The van der Waals surface area contributed by atoms with Crippen LogP contribution in [0.2, 0.25) is 0 Å². The lowest BCUT2D eigenvalue weighted by molar-refractivity contribution is 0.0317. The molecule has 7 nitrogen and oxygen atoms in total. The van der Waals surface area contributed by atoms with Crippen LogP contribution in [0.25, 0.3) is 5.69 Å². The first-order valence-corrected chi connectivity index (χ1v) is 9.89. The zero-order valence-electron chi connectivity index (χ0n) is 16.9. The summed E-state index contributed by atoms with van der Waals surface area (Å²) < 4.78 is 13.0. The largest absolute Gasteiger partial charge is 0.477 e. The summed E-state index contributed by atoms with van der Waals surface area (Å²) in [7, 11) is 0. The van der Waals surface area contributed by atoms with Crippen molar-refractivity contribution in [2.45, 2.75) is 33.1 Å². The minimum absolute atomic E-state index is 0.150. The molecule has 0 spiro atoms. The second kappa shape index (κ2) is 9.21. The number of hydrogen-bond donors (Lipinski definition) is 1. The summed E-state index contributed by atoms with van der Waals surface area (Å²) in [5.41, 5.74) is 2.70. The van der Waals surface area contributed by atoms with Gasteiger partial charge in [0, 0.05) is 19.6 Å². The van der Waals surface area contributed by atoms with Crippen LogP contribution in [-0.4, -0.2) is 65.2 Å². The fourth-order valence-electron chi connectivity index (χ4n) is 3.31. The molecule has 1 saturated heterocycles. The number of morpholine rings is 1. The Balaban J connectivity index is 1.86. The molecule has 1 N–H and O–H groups in total. The Bertz CT molecular complexity index is 793. The predicted molar refractivity (Wildman–Crippen MR) is 107 cm³/mol. The molecule has 28 heavy (non-hydrogen) atoms. The van der Waals surface area contributed by atoms with Gasteiger partial charge in [0.2, 0.25) is 5.88 Å². The highest BCUT2D eigenvalue weighted by molar-refractivity contribution is 5.92. The average Bonchev–Trinajstić information content (AvgIpc) is 3.07. The fraction of sp³-hybridized carbons (Fsp3) is 0.524. The number of rotatable bonds is 8. The summed E-state index contributed by atoms with van der Waals surface area (Å²) in [5.74, 6) is -0.283. The second-order valence-corrected chi connectivity index (χ2v) is 7.25. The highest BCUT2D eigenvalue weighted by atomic mass is 16.5. The van der Waals surface area contributed by atoms with Crippen LogP contribution < -0.4 is 4.74 Å². The number of aromatic nitrogens is 2. The van der Waals surface area contributed by atoms with E-state index in [4.69, 9.17) is 9.47 Å². The van der Waals surface area contributed by atoms with Gasteiger partial charge in [0.15, 0.2) is 0 Å². The van der Waals surface area contributed by atoms with Gasteiger partial charge in [-0.3, -0.25) is 4.90 Å². The van der Waals surface area contributed by atoms with Crippen LogP contribution in [0.5, 0.6) is 5.88 Å². The molecule has 152 valence electrons. The summed E-state index contributed by atoms with van der Waals surface area (Å²) in [6, 6.07) is 8.01. The van der Waals surface area contributed by atoms with E-state index in [-0.39, 0.29) is 5.56 Å². The van der Waals surface area contributed by atoms with E-state index >= 15 is 0 Å². The molecule has 1 aliphatic rings. The van der Waals surface area contributed by atoms with E-state index < -0.39 is 5.97 Å². The summed E-state index contributed by atoms with van der Waals surface area (Å²) in [6.45, 7) is 10.5. The van der Waals surface area contributed by atoms with Crippen LogP contribution in [0.15, 0.2) is 24.3 Å². The number of aromatic carboxylic acids is 1. The van der Waals surface area contributed by atoms with Crippen LogP contribution in [0.4, 0.5) is 0 Å². The molecule has 3 rings (SSSR count). The molecule has 2 aromatic rings. The number of benzene rings is 1. The highest BCUT2D eigenvalue weighted by Crippen LogP contribution is 2.28. The van der Waals surface area contributed by atoms with E-state index in [2.05, 4.69) is 23.8 Å². The van der Waals surface area contributed by atoms with Gasteiger partial charge in [-0.15, -0.1) is 0 Å². The molecule has 7 heteroatoms. The lowest BCUT2D eigenvalue weighted by Gasteiger charge is -2.26. The van der Waals surface area contributed by atoms with Gasteiger partial charge < -0.3 is 14.6 Å². The number of carbonyl (C=O) groups is 1. The number of hydrogen-bond acceptors (Lipinski definition) is 5. The standard InChI is InChI=1S/C21H29N3O4/c1-4-18-19(21(25)26)20(28-14-11-23-9-12-27-13-10-23)24(22-18)17-7-5-16(6-8-17)15(2)3/h5-8,15H,4,9-14H2,1-3H3,(H,25,26). The number of carboxylic acids is 1. The van der Waals surface area contributed by atoms with Gasteiger partial charge in [0.25, 0.3) is 0 Å². The molecule has 0 aliphatic carbocycles. The Morgan fingerprint density at radius 3 is 2.50 bits per heavy atom. The van der Waals surface area contributed by atoms with Crippen molar-refractivity contribution in [1.82, 2.24) is 14.7 Å². The lowest BCUT2D eigenvalue weighted by atomic mass is 10.0. The minimum atomic E-state index is -1.01. The van der Waals surface area contributed by atoms with Gasteiger partial charge in [0.1, 0.15) is 12.2 Å². The Morgan fingerprint density at radius 2 is 1.93 bits per heavy atom. The molecule has 0 atom stereocenters. The first-order chi connectivity index (χ1) is 13.5. The number of aryl methyl sites for hydroxylation is 1. The lowest BCUT2D eigenvalue weighted by Crippen LogP contribution is -2.38. The highest BCUT2D eigenvalue weighted by Gasteiger charge is 2.25. The van der Waals surface area contributed by atoms with Crippen molar-refractivity contribution < 1.29 is 19.4 Å². The Hall–Kier alpha value is -2.38. The van der Waals surface area contributed by atoms with E-state index in [9.17, 15) is 9.90 Å². The molecular formula is C21H29N3O4. The minimum Gasteiger partial charge on any atom is -0.477 e. The molecule has 1 aliphatic heterocycles. The summed E-state index contributed by atoms with van der Waals surface area (Å²) in [6.07, 6.45) is 0.526. The predicted octanol–water partition coefficient (Wildman–Crippen LogP) is 2.97. The molecule has 2 heterocycles. The van der Waals surface area contributed by atoms with Crippen molar-refractivity contribution in [3.8, 4) is 11.6 Å². The topological polar surface area (TPSA) is 76.8 Å². The normalized spacial score (nSPS) is 15.1. The number of nitrogens with zero attached hydrogens (tertiary/aromatic N) is 3. The van der Waals surface area contributed by atoms with Crippen molar-refractivity contribution in [2.75, 3.05) is 39.5 Å². The van der Waals surface area contributed by atoms with Gasteiger partial charge in [-0.1, -0.05) is 32.9 Å². The molecule has 0 bridgehead atoms. The van der Waals surface area contributed by atoms with Crippen LogP contribution in [0.3, 0.4) is 0 Å². The molecule has 0 radical (unpaired) electrons. The molecular weight excluding hydrogens is 358 g/mol. The number of carboxylic acid groups (broad SMARTS) is 1. The maximum atomic E-state index is 11.9. The zero-order valence-corrected chi connectivity index (χ0v) is 16.9. The van der Waals surface area contributed by atoms with Crippen molar-refractivity contribution in [3.05, 3.63) is 41.1 Å². The van der Waals surface area contributed by atoms with Crippen LogP contribution in [-0.2, 0) is 11.2 Å². The van der Waals surface area contributed by atoms with E-state index in [0.29, 0.717) is 30.5 Å². The fourth-order valence-corrected chi connectivity index (χ4v) is 3.31. The molecule has 1 aromatic heterocycles. The van der Waals surface area contributed by atoms with Crippen molar-refractivity contribution in [1.29, 1.82) is 0 Å². The third-order valence-corrected chi connectivity index (χ3v) is 5.02. The van der Waals surface area contributed by atoms with Crippen LogP contribution in [0, 0.1) is 0 Å². The molecule has 0 amide bonds. The summed E-state index contributed by atoms with van der Waals surface area (Å²) in [5, 5.41) is 14.3. The smallest absolute Gasteiger partial charge is 0.343 e. The quantitative estimate of drug-likeness (QED) is 0.750. The van der Waals surface area contributed by atoms with E-state index in [1.807, 2.05) is 31.2 Å².